The summed E-state index contributed by atoms with van der Waals surface area (Å²) in [7, 11) is 0. The second-order valence-corrected chi connectivity index (χ2v) is 5.75. The van der Waals surface area contributed by atoms with Gasteiger partial charge in [-0.25, -0.2) is 0 Å². The molecule has 112 valence electrons. The van der Waals surface area contributed by atoms with Crippen LogP contribution < -0.4 is 5.32 Å². The zero-order chi connectivity index (χ0) is 14.5. The molecule has 1 amide bonds. The summed E-state index contributed by atoms with van der Waals surface area (Å²) < 4.78 is 0. The molecule has 0 radical (unpaired) electrons. The Labute approximate surface area is 121 Å². The van der Waals surface area contributed by atoms with E-state index in [1.165, 1.54) is 0 Å². The quantitative estimate of drug-likeness (QED) is 0.864. The number of rotatable bonds is 5. The highest BCUT2D eigenvalue weighted by atomic mass is 16.2. The van der Waals surface area contributed by atoms with Gasteiger partial charge in [0, 0.05) is 18.8 Å². The van der Waals surface area contributed by atoms with Crippen LogP contribution in [0.3, 0.4) is 0 Å². The van der Waals surface area contributed by atoms with Crippen molar-refractivity contribution in [1.29, 1.82) is 0 Å². The summed E-state index contributed by atoms with van der Waals surface area (Å²) in [6, 6.07) is 0. The van der Waals surface area contributed by atoms with Crippen molar-refractivity contribution in [3.63, 3.8) is 0 Å². The standard InChI is InChI=1S/C15H26N4O/c1-4-9-19(10-13-5-7-16-8-6-13)15(20)14-11(2)17-18-12(14)3/h13,16H,4-10H2,1-3H3,(H,17,18). The first-order chi connectivity index (χ1) is 9.63. The van der Waals surface area contributed by atoms with E-state index in [9.17, 15) is 4.79 Å². The number of aromatic nitrogens is 2. The molecule has 1 aromatic rings. The van der Waals surface area contributed by atoms with Gasteiger partial charge in [-0.05, 0) is 52.1 Å². The van der Waals surface area contributed by atoms with E-state index in [-0.39, 0.29) is 5.91 Å². The van der Waals surface area contributed by atoms with E-state index in [0.717, 1.165) is 62.4 Å². The van der Waals surface area contributed by atoms with E-state index in [0.29, 0.717) is 5.92 Å². The van der Waals surface area contributed by atoms with Gasteiger partial charge < -0.3 is 10.2 Å². The molecule has 0 saturated carbocycles. The molecule has 2 rings (SSSR count). The van der Waals surface area contributed by atoms with Crippen molar-refractivity contribution in [3.8, 4) is 0 Å². The SMILES string of the molecule is CCCN(CC1CCNCC1)C(=O)c1c(C)n[nH]c1C. The summed E-state index contributed by atoms with van der Waals surface area (Å²) in [6.45, 7) is 9.78. The number of amides is 1. The average Bonchev–Trinajstić information content (AvgIpc) is 2.78. The third-order valence-corrected chi connectivity index (χ3v) is 4.06. The lowest BCUT2D eigenvalue weighted by molar-refractivity contribution is 0.0715. The minimum Gasteiger partial charge on any atom is -0.338 e. The Morgan fingerprint density at radius 1 is 1.35 bits per heavy atom. The summed E-state index contributed by atoms with van der Waals surface area (Å²) in [5, 5.41) is 10.4. The first-order valence-electron chi connectivity index (χ1n) is 7.65. The highest BCUT2D eigenvalue weighted by Crippen LogP contribution is 2.18. The van der Waals surface area contributed by atoms with Gasteiger partial charge in [0.15, 0.2) is 0 Å². The molecule has 0 aromatic carbocycles. The van der Waals surface area contributed by atoms with Crippen LogP contribution in [0, 0.1) is 19.8 Å². The largest absolute Gasteiger partial charge is 0.338 e. The fourth-order valence-corrected chi connectivity index (χ4v) is 2.95. The fourth-order valence-electron chi connectivity index (χ4n) is 2.95. The summed E-state index contributed by atoms with van der Waals surface area (Å²) in [5.74, 6) is 0.758. The number of hydrogen-bond acceptors (Lipinski definition) is 3. The Morgan fingerprint density at radius 2 is 2.05 bits per heavy atom. The van der Waals surface area contributed by atoms with E-state index in [1.807, 2.05) is 18.7 Å². The zero-order valence-corrected chi connectivity index (χ0v) is 12.8. The summed E-state index contributed by atoms with van der Waals surface area (Å²) in [5.41, 5.74) is 2.44. The molecular formula is C15H26N4O. The summed E-state index contributed by atoms with van der Waals surface area (Å²) in [6.07, 6.45) is 3.32. The van der Waals surface area contributed by atoms with Crippen molar-refractivity contribution in [2.45, 2.75) is 40.0 Å². The highest BCUT2D eigenvalue weighted by molar-refractivity contribution is 5.96. The van der Waals surface area contributed by atoms with E-state index in [1.54, 1.807) is 0 Å². The molecule has 5 heteroatoms. The Hall–Kier alpha value is -1.36. The molecule has 0 unspecified atom stereocenters. The minimum absolute atomic E-state index is 0.133. The normalized spacial score (nSPS) is 16.4. The number of H-pyrrole nitrogens is 1. The van der Waals surface area contributed by atoms with Gasteiger partial charge in [-0.3, -0.25) is 9.89 Å². The molecule has 2 heterocycles. The Morgan fingerprint density at radius 3 is 2.60 bits per heavy atom. The number of aryl methyl sites for hydroxylation is 2. The number of nitrogens with one attached hydrogen (secondary N) is 2. The molecule has 5 nitrogen and oxygen atoms in total. The molecular weight excluding hydrogens is 252 g/mol. The number of aromatic amines is 1. The van der Waals surface area contributed by atoms with Crippen LogP contribution in [-0.4, -0.2) is 47.2 Å². The van der Waals surface area contributed by atoms with Crippen molar-refractivity contribution >= 4 is 5.91 Å². The number of piperidine rings is 1. The molecule has 2 N–H and O–H groups in total. The van der Waals surface area contributed by atoms with Gasteiger partial charge in [-0.1, -0.05) is 6.92 Å². The number of carbonyl (C=O) groups excluding carboxylic acids is 1. The maximum atomic E-state index is 12.8. The predicted molar refractivity (Wildman–Crippen MR) is 79.8 cm³/mol. The van der Waals surface area contributed by atoms with Crippen LogP contribution in [0.15, 0.2) is 0 Å². The molecule has 0 aliphatic carbocycles. The second-order valence-electron chi connectivity index (χ2n) is 5.75. The lowest BCUT2D eigenvalue weighted by Crippen LogP contribution is -2.40. The van der Waals surface area contributed by atoms with Gasteiger partial charge in [0.2, 0.25) is 0 Å². The third kappa shape index (κ3) is 3.39. The average molecular weight is 278 g/mol. The van der Waals surface area contributed by atoms with E-state index < -0.39 is 0 Å². The number of nitrogens with zero attached hydrogens (tertiary/aromatic N) is 2. The highest BCUT2D eigenvalue weighted by Gasteiger charge is 2.24. The Kier molecular flexibility index (Phi) is 5.17. The maximum absolute atomic E-state index is 12.8. The maximum Gasteiger partial charge on any atom is 0.257 e. The van der Waals surface area contributed by atoms with Gasteiger partial charge >= 0.3 is 0 Å². The van der Waals surface area contributed by atoms with Crippen LogP contribution >= 0.6 is 0 Å². The summed E-state index contributed by atoms with van der Waals surface area (Å²) >= 11 is 0. The third-order valence-electron chi connectivity index (χ3n) is 4.06. The van der Waals surface area contributed by atoms with E-state index >= 15 is 0 Å². The smallest absolute Gasteiger partial charge is 0.257 e. The monoisotopic (exact) mass is 278 g/mol. The number of hydrogen-bond donors (Lipinski definition) is 2. The van der Waals surface area contributed by atoms with Crippen molar-refractivity contribution in [2.24, 2.45) is 5.92 Å². The van der Waals surface area contributed by atoms with Gasteiger partial charge in [-0.2, -0.15) is 5.10 Å². The van der Waals surface area contributed by atoms with Crippen LogP contribution in [0.2, 0.25) is 0 Å². The molecule has 1 aliphatic rings. The van der Waals surface area contributed by atoms with Gasteiger partial charge in [0.25, 0.3) is 5.91 Å². The van der Waals surface area contributed by atoms with E-state index in [4.69, 9.17) is 0 Å². The zero-order valence-electron chi connectivity index (χ0n) is 12.8. The molecule has 0 atom stereocenters. The van der Waals surface area contributed by atoms with Crippen LogP contribution in [0.4, 0.5) is 0 Å². The lowest BCUT2D eigenvalue weighted by Gasteiger charge is -2.30. The minimum atomic E-state index is 0.133. The van der Waals surface area contributed by atoms with Crippen molar-refractivity contribution in [2.75, 3.05) is 26.2 Å². The van der Waals surface area contributed by atoms with Crippen LogP contribution in [0.5, 0.6) is 0 Å². The topological polar surface area (TPSA) is 61.0 Å². The van der Waals surface area contributed by atoms with Crippen LogP contribution in [0.1, 0.15) is 47.9 Å². The van der Waals surface area contributed by atoms with Crippen molar-refractivity contribution < 1.29 is 4.79 Å². The van der Waals surface area contributed by atoms with Gasteiger partial charge in [0.05, 0.1) is 11.3 Å². The second kappa shape index (κ2) is 6.88. The van der Waals surface area contributed by atoms with Crippen molar-refractivity contribution in [3.05, 3.63) is 17.0 Å². The fraction of sp³-hybridized carbons (Fsp3) is 0.733. The Balaban J connectivity index is 2.09. The van der Waals surface area contributed by atoms with Crippen LogP contribution in [-0.2, 0) is 0 Å². The molecule has 1 saturated heterocycles. The molecule has 20 heavy (non-hydrogen) atoms. The Bertz CT molecular complexity index is 429. The van der Waals surface area contributed by atoms with Gasteiger partial charge in [-0.15, -0.1) is 0 Å². The van der Waals surface area contributed by atoms with Gasteiger partial charge in [0.1, 0.15) is 0 Å². The lowest BCUT2D eigenvalue weighted by atomic mass is 9.97. The molecule has 1 aliphatic heterocycles. The molecule has 0 bridgehead atoms. The van der Waals surface area contributed by atoms with Crippen LogP contribution in [0.25, 0.3) is 0 Å². The van der Waals surface area contributed by atoms with E-state index in [2.05, 4.69) is 22.4 Å². The van der Waals surface area contributed by atoms with Crippen molar-refractivity contribution in [1.82, 2.24) is 20.4 Å². The molecule has 1 fully saturated rings. The molecule has 0 spiro atoms. The first kappa shape index (κ1) is 15.0. The summed E-state index contributed by atoms with van der Waals surface area (Å²) in [4.78, 5) is 14.8. The number of carbonyl (C=O) groups is 1. The first-order valence-corrected chi connectivity index (χ1v) is 7.65. The predicted octanol–water partition coefficient (Wildman–Crippen LogP) is 1.88. The molecule has 1 aromatic heterocycles.